The maximum Gasteiger partial charge on any atom is -0.000802 e. The molecule has 1 aromatic rings. The van der Waals surface area contributed by atoms with E-state index in [1.807, 2.05) is 0 Å². The lowest BCUT2D eigenvalue weighted by Gasteiger charge is -2.11. The topological polar surface area (TPSA) is 12.0 Å². The Kier molecular flexibility index (Phi) is 2.36. The molecule has 1 nitrogen and oxygen atoms in total. The molecule has 0 radical (unpaired) electrons. The van der Waals surface area contributed by atoms with Gasteiger partial charge >= 0.3 is 0 Å². The lowest BCUT2D eigenvalue weighted by molar-refractivity contribution is 0.710. The van der Waals surface area contributed by atoms with Gasteiger partial charge in [-0.1, -0.05) is 12.1 Å². The largest absolute Gasteiger partial charge is 0.316 e. The van der Waals surface area contributed by atoms with Crippen molar-refractivity contribution in [3.8, 4) is 0 Å². The van der Waals surface area contributed by atoms with Crippen LogP contribution in [-0.2, 0) is 12.8 Å². The normalized spacial score (nSPS) is 16.5. The van der Waals surface area contributed by atoms with Crippen LogP contribution in [0.3, 0.4) is 0 Å². The fraction of sp³-hybridized carbons (Fsp3) is 0.500. The third-order valence-electron chi connectivity index (χ3n) is 3.09. The van der Waals surface area contributed by atoms with Crippen molar-refractivity contribution in [1.29, 1.82) is 0 Å². The molecule has 0 amide bonds. The van der Waals surface area contributed by atoms with Crippen LogP contribution in [0.2, 0.25) is 0 Å². The second-order valence-corrected chi connectivity index (χ2v) is 3.90. The van der Waals surface area contributed by atoms with Gasteiger partial charge in [-0.25, -0.2) is 0 Å². The van der Waals surface area contributed by atoms with Crippen LogP contribution >= 0.6 is 0 Å². The van der Waals surface area contributed by atoms with Crippen LogP contribution in [0.1, 0.15) is 22.3 Å². The van der Waals surface area contributed by atoms with Crippen LogP contribution in [0.15, 0.2) is 12.1 Å². The molecule has 0 unspecified atom stereocenters. The Morgan fingerprint density at radius 2 is 1.85 bits per heavy atom. The summed E-state index contributed by atoms with van der Waals surface area (Å²) < 4.78 is 0. The number of fused-ring (bicyclic) bond motifs is 1. The van der Waals surface area contributed by atoms with E-state index in [-0.39, 0.29) is 0 Å². The highest BCUT2D eigenvalue weighted by Gasteiger charge is 2.10. The first kappa shape index (κ1) is 8.76. The first-order chi connectivity index (χ1) is 6.29. The molecule has 0 spiro atoms. The fourth-order valence-corrected chi connectivity index (χ4v) is 2.07. The van der Waals surface area contributed by atoms with Gasteiger partial charge in [0.25, 0.3) is 0 Å². The minimum atomic E-state index is 1.13. The van der Waals surface area contributed by atoms with E-state index in [2.05, 4.69) is 31.3 Å². The average molecular weight is 175 g/mol. The molecule has 1 heterocycles. The Bertz CT molecular complexity index is 315. The molecule has 1 N–H and O–H groups in total. The maximum absolute atomic E-state index is 3.44. The summed E-state index contributed by atoms with van der Waals surface area (Å²) in [7, 11) is 0. The zero-order valence-corrected chi connectivity index (χ0v) is 8.48. The zero-order chi connectivity index (χ0) is 9.26. The van der Waals surface area contributed by atoms with Gasteiger partial charge in [0.15, 0.2) is 0 Å². The van der Waals surface area contributed by atoms with Gasteiger partial charge in [0.2, 0.25) is 0 Å². The van der Waals surface area contributed by atoms with Gasteiger partial charge in [0.05, 0.1) is 0 Å². The quantitative estimate of drug-likeness (QED) is 0.636. The van der Waals surface area contributed by atoms with E-state index in [1.165, 1.54) is 24.0 Å². The second kappa shape index (κ2) is 3.51. The summed E-state index contributed by atoms with van der Waals surface area (Å²) in [6, 6.07) is 4.55. The minimum absolute atomic E-state index is 1.13. The summed E-state index contributed by atoms with van der Waals surface area (Å²) in [6.45, 7) is 6.72. The first-order valence-corrected chi connectivity index (χ1v) is 5.07. The van der Waals surface area contributed by atoms with Crippen molar-refractivity contribution in [3.63, 3.8) is 0 Å². The summed E-state index contributed by atoms with van der Waals surface area (Å²) >= 11 is 0. The molecule has 2 rings (SSSR count). The van der Waals surface area contributed by atoms with Gasteiger partial charge in [-0.3, -0.25) is 0 Å². The predicted octanol–water partition coefficient (Wildman–Crippen LogP) is 1.99. The molecular weight excluding hydrogens is 158 g/mol. The summed E-state index contributed by atoms with van der Waals surface area (Å²) in [4.78, 5) is 0. The molecule has 0 saturated carbocycles. The Morgan fingerprint density at radius 1 is 1.08 bits per heavy atom. The number of aryl methyl sites for hydroxylation is 1. The molecule has 0 atom stereocenters. The van der Waals surface area contributed by atoms with E-state index in [0.29, 0.717) is 0 Å². The van der Waals surface area contributed by atoms with E-state index in [1.54, 1.807) is 11.1 Å². The maximum atomic E-state index is 3.44. The molecule has 0 aliphatic carbocycles. The number of benzene rings is 1. The molecule has 13 heavy (non-hydrogen) atoms. The first-order valence-electron chi connectivity index (χ1n) is 5.07. The molecular formula is C12H17N. The monoisotopic (exact) mass is 175 g/mol. The lowest BCUT2D eigenvalue weighted by Crippen LogP contribution is -2.16. The highest BCUT2D eigenvalue weighted by molar-refractivity contribution is 5.40. The van der Waals surface area contributed by atoms with Crippen LogP contribution in [0, 0.1) is 13.8 Å². The molecule has 0 bridgehead atoms. The molecule has 1 aromatic carbocycles. The highest BCUT2D eigenvalue weighted by atomic mass is 14.8. The van der Waals surface area contributed by atoms with Crippen LogP contribution in [-0.4, -0.2) is 13.1 Å². The van der Waals surface area contributed by atoms with E-state index in [0.717, 1.165) is 13.1 Å². The smallest absolute Gasteiger partial charge is 0.000802 e. The summed E-state index contributed by atoms with van der Waals surface area (Å²) in [5.74, 6) is 0. The average Bonchev–Trinajstić information content (AvgIpc) is 2.36. The standard InChI is InChI=1S/C12H17N/c1-9-3-4-11-5-7-13-8-6-12(11)10(9)2/h3-4,13H,5-8H2,1-2H3. The zero-order valence-electron chi connectivity index (χ0n) is 8.48. The Morgan fingerprint density at radius 3 is 2.69 bits per heavy atom. The Labute approximate surface area is 80.2 Å². The van der Waals surface area contributed by atoms with Crippen molar-refractivity contribution in [3.05, 3.63) is 34.4 Å². The SMILES string of the molecule is Cc1ccc2c(c1C)CCNCC2. The van der Waals surface area contributed by atoms with E-state index < -0.39 is 0 Å². The predicted molar refractivity (Wildman–Crippen MR) is 56.2 cm³/mol. The van der Waals surface area contributed by atoms with Gasteiger partial charge < -0.3 is 5.32 Å². The number of hydrogen-bond acceptors (Lipinski definition) is 1. The molecule has 0 saturated heterocycles. The van der Waals surface area contributed by atoms with Crippen molar-refractivity contribution in [2.45, 2.75) is 26.7 Å². The van der Waals surface area contributed by atoms with Crippen molar-refractivity contribution in [2.75, 3.05) is 13.1 Å². The molecule has 1 aliphatic heterocycles. The number of hydrogen-bond donors (Lipinski definition) is 1. The van der Waals surface area contributed by atoms with Gasteiger partial charge in [-0.15, -0.1) is 0 Å². The van der Waals surface area contributed by atoms with Crippen LogP contribution in [0.25, 0.3) is 0 Å². The van der Waals surface area contributed by atoms with Gasteiger partial charge in [-0.05, 0) is 62.0 Å². The molecule has 0 aromatic heterocycles. The number of rotatable bonds is 0. The number of nitrogens with one attached hydrogen (secondary N) is 1. The van der Waals surface area contributed by atoms with Crippen molar-refractivity contribution >= 4 is 0 Å². The van der Waals surface area contributed by atoms with Gasteiger partial charge in [0.1, 0.15) is 0 Å². The molecule has 1 aliphatic rings. The lowest BCUT2D eigenvalue weighted by atomic mass is 9.95. The minimum Gasteiger partial charge on any atom is -0.316 e. The summed E-state index contributed by atoms with van der Waals surface area (Å²) in [5, 5.41) is 3.44. The molecule has 1 heteroatoms. The third-order valence-corrected chi connectivity index (χ3v) is 3.09. The molecule has 70 valence electrons. The Hall–Kier alpha value is -0.820. The van der Waals surface area contributed by atoms with E-state index >= 15 is 0 Å². The highest BCUT2D eigenvalue weighted by Crippen LogP contribution is 2.20. The van der Waals surface area contributed by atoms with Crippen molar-refractivity contribution < 1.29 is 0 Å². The van der Waals surface area contributed by atoms with E-state index in [4.69, 9.17) is 0 Å². The fourth-order valence-electron chi connectivity index (χ4n) is 2.07. The summed E-state index contributed by atoms with van der Waals surface area (Å²) in [5.41, 5.74) is 6.07. The van der Waals surface area contributed by atoms with Crippen molar-refractivity contribution in [1.82, 2.24) is 5.32 Å². The third kappa shape index (κ3) is 1.61. The Balaban J connectivity index is 2.48. The summed E-state index contributed by atoms with van der Waals surface area (Å²) in [6.07, 6.45) is 2.39. The second-order valence-electron chi connectivity index (χ2n) is 3.90. The van der Waals surface area contributed by atoms with Crippen LogP contribution in [0.4, 0.5) is 0 Å². The van der Waals surface area contributed by atoms with Gasteiger partial charge in [-0.2, -0.15) is 0 Å². The van der Waals surface area contributed by atoms with Crippen molar-refractivity contribution in [2.24, 2.45) is 0 Å². The molecule has 0 fully saturated rings. The van der Waals surface area contributed by atoms with Crippen LogP contribution in [0.5, 0.6) is 0 Å². The van der Waals surface area contributed by atoms with E-state index in [9.17, 15) is 0 Å². The van der Waals surface area contributed by atoms with Crippen LogP contribution < -0.4 is 5.32 Å². The van der Waals surface area contributed by atoms with Gasteiger partial charge in [0, 0.05) is 0 Å².